The molecule has 2 aromatic rings. The largest absolute Gasteiger partial charge is 0.453 e. The number of carbonyl (C=O) groups excluding carboxylic acids is 1. The number of morpholine rings is 1. The van der Waals surface area contributed by atoms with Crippen LogP contribution in [0, 0.1) is 0 Å². The second-order valence-electron chi connectivity index (χ2n) is 5.15. The number of rotatable bonds is 5. The van der Waals surface area contributed by atoms with Gasteiger partial charge in [-0.3, -0.25) is 4.79 Å². The molecule has 3 rings (SSSR count). The lowest BCUT2D eigenvalue weighted by Crippen LogP contribution is -2.36. The van der Waals surface area contributed by atoms with E-state index in [0.29, 0.717) is 18.2 Å². The van der Waals surface area contributed by atoms with Crippen molar-refractivity contribution in [3.05, 3.63) is 42.0 Å². The number of ether oxygens (including phenoxy) is 2. The number of nitrogens with zero attached hydrogens (tertiary/aromatic N) is 2. The highest BCUT2D eigenvalue weighted by Gasteiger charge is 2.14. The number of pyridine rings is 1. The van der Waals surface area contributed by atoms with Crippen molar-refractivity contribution >= 4 is 17.4 Å². The summed E-state index contributed by atoms with van der Waals surface area (Å²) in [5.41, 5.74) is 1.02. The van der Waals surface area contributed by atoms with Crippen LogP contribution in [0.3, 0.4) is 0 Å². The van der Waals surface area contributed by atoms with Gasteiger partial charge in [0.25, 0.3) is 5.91 Å². The van der Waals surface area contributed by atoms with Gasteiger partial charge in [-0.05, 0) is 24.3 Å². The van der Waals surface area contributed by atoms with E-state index in [0.717, 1.165) is 32.0 Å². The minimum atomic E-state index is -0.334. The third-order valence-corrected chi connectivity index (χ3v) is 3.54. The summed E-state index contributed by atoms with van der Waals surface area (Å²) in [6, 6.07) is 7.05. The summed E-state index contributed by atoms with van der Waals surface area (Å²) in [7, 11) is 1.57. The molecule has 0 aliphatic carbocycles. The molecule has 1 amide bonds. The summed E-state index contributed by atoms with van der Waals surface area (Å²) in [4.78, 5) is 18.6. The molecule has 7 nitrogen and oxygen atoms in total. The smallest absolute Gasteiger partial charge is 0.292 e. The van der Waals surface area contributed by atoms with E-state index in [1.54, 1.807) is 31.5 Å². The van der Waals surface area contributed by atoms with Gasteiger partial charge >= 0.3 is 0 Å². The molecule has 1 aliphatic rings. The van der Waals surface area contributed by atoms with E-state index in [2.05, 4.69) is 15.2 Å². The molecular formula is C16H19N3O4. The first-order chi connectivity index (χ1) is 11.3. The van der Waals surface area contributed by atoms with Crippen molar-refractivity contribution in [3.8, 4) is 0 Å². The number of anilines is 2. The van der Waals surface area contributed by atoms with Crippen LogP contribution >= 0.6 is 0 Å². The van der Waals surface area contributed by atoms with Crippen LogP contribution in [-0.4, -0.2) is 44.3 Å². The van der Waals surface area contributed by atoms with E-state index in [-0.39, 0.29) is 11.7 Å². The number of nitrogens with one attached hydrogen (secondary N) is 1. The molecular weight excluding hydrogens is 298 g/mol. The third kappa shape index (κ3) is 3.88. The quantitative estimate of drug-likeness (QED) is 0.908. The highest BCUT2D eigenvalue weighted by atomic mass is 16.5. The topological polar surface area (TPSA) is 76.8 Å². The highest BCUT2D eigenvalue weighted by molar-refractivity contribution is 6.01. The number of hydrogen-bond acceptors (Lipinski definition) is 6. The normalized spacial score (nSPS) is 14.7. The molecule has 0 atom stereocenters. The van der Waals surface area contributed by atoms with E-state index < -0.39 is 0 Å². The van der Waals surface area contributed by atoms with E-state index in [9.17, 15) is 4.79 Å². The monoisotopic (exact) mass is 317 g/mol. The Bertz CT molecular complexity index is 648. The Morgan fingerprint density at radius 3 is 2.83 bits per heavy atom. The van der Waals surface area contributed by atoms with Crippen LogP contribution in [0.1, 0.15) is 16.3 Å². The molecule has 2 aromatic heterocycles. The van der Waals surface area contributed by atoms with E-state index >= 15 is 0 Å². The molecule has 0 radical (unpaired) electrons. The first kappa shape index (κ1) is 15.5. The standard InChI is InChI=1S/C16H19N3O4/c1-21-11-13-3-4-14(23-13)16(20)18-15-5-2-12(10-17-15)19-6-8-22-9-7-19/h2-5,10H,6-9,11H2,1H3,(H,17,18,20). The maximum atomic E-state index is 12.1. The van der Waals surface area contributed by atoms with Crippen molar-refractivity contribution in [3.63, 3.8) is 0 Å². The number of aromatic nitrogens is 1. The Labute approximate surface area is 134 Å². The van der Waals surface area contributed by atoms with Gasteiger partial charge in [-0.15, -0.1) is 0 Å². The number of amides is 1. The number of carbonyl (C=O) groups is 1. The molecule has 0 unspecified atom stereocenters. The van der Waals surface area contributed by atoms with Crippen molar-refractivity contribution < 1.29 is 18.7 Å². The SMILES string of the molecule is COCc1ccc(C(=O)Nc2ccc(N3CCOCC3)cn2)o1. The molecule has 1 aliphatic heterocycles. The van der Waals surface area contributed by atoms with Crippen LogP contribution in [-0.2, 0) is 16.1 Å². The molecule has 0 spiro atoms. The number of furan rings is 1. The van der Waals surface area contributed by atoms with E-state index in [4.69, 9.17) is 13.9 Å². The van der Waals surface area contributed by atoms with Crippen LogP contribution in [0.15, 0.2) is 34.9 Å². The molecule has 0 saturated carbocycles. The predicted molar refractivity (Wildman–Crippen MR) is 84.6 cm³/mol. The van der Waals surface area contributed by atoms with E-state index in [1.165, 1.54) is 0 Å². The first-order valence-electron chi connectivity index (χ1n) is 7.44. The molecule has 0 bridgehead atoms. The predicted octanol–water partition coefficient (Wildman–Crippen LogP) is 1.91. The highest BCUT2D eigenvalue weighted by Crippen LogP contribution is 2.17. The van der Waals surface area contributed by atoms with Gasteiger partial charge < -0.3 is 24.1 Å². The van der Waals surface area contributed by atoms with Gasteiger partial charge in [0.05, 0.1) is 25.1 Å². The van der Waals surface area contributed by atoms with Gasteiger partial charge in [0.15, 0.2) is 5.76 Å². The lowest BCUT2D eigenvalue weighted by molar-refractivity contribution is 0.0987. The van der Waals surface area contributed by atoms with Crippen LogP contribution < -0.4 is 10.2 Å². The maximum Gasteiger partial charge on any atom is 0.292 e. The summed E-state index contributed by atoms with van der Waals surface area (Å²) in [5, 5.41) is 2.72. The lowest BCUT2D eigenvalue weighted by Gasteiger charge is -2.28. The Morgan fingerprint density at radius 2 is 2.13 bits per heavy atom. The Hall–Kier alpha value is -2.38. The van der Waals surface area contributed by atoms with Crippen molar-refractivity contribution in [2.24, 2.45) is 0 Å². The summed E-state index contributed by atoms with van der Waals surface area (Å²) < 4.78 is 15.7. The number of hydrogen-bond donors (Lipinski definition) is 1. The Balaban J connectivity index is 1.61. The fourth-order valence-corrected chi connectivity index (χ4v) is 2.37. The van der Waals surface area contributed by atoms with Crippen molar-refractivity contribution in [1.29, 1.82) is 0 Å². The minimum absolute atomic E-state index is 0.233. The molecule has 122 valence electrons. The molecule has 1 N–H and O–H groups in total. The van der Waals surface area contributed by atoms with Gasteiger partial charge in [0.1, 0.15) is 18.2 Å². The third-order valence-electron chi connectivity index (χ3n) is 3.54. The van der Waals surface area contributed by atoms with Crippen LogP contribution in [0.5, 0.6) is 0 Å². The average molecular weight is 317 g/mol. The van der Waals surface area contributed by atoms with Crippen molar-refractivity contribution in [2.45, 2.75) is 6.61 Å². The minimum Gasteiger partial charge on any atom is -0.453 e. The first-order valence-corrected chi connectivity index (χ1v) is 7.44. The van der Waals surface area contributed by atoms with Gasteiger partial charge in [-0.1, -0.05) is 0 Å². The molecule has 1 saturated heterocycles. The van der Waals surface area contributed by atoms with Crippen LogP contribution in [0.2, 0.25) is 0 Å². The molecule has 23 heavy (non-hydrogen) atoms. The summed E-state index contributed by atoms with van der Waals surface area (Å²) in [6.07, 6.45) is 1.75. The summed E-state index contributed by atoms with van der Waals surface area (Å²) >= 11 is 0. The zero-order chi connectivity index (χ0) is 16.1. The summed E-state index contributed by atoms with van der Waals surface area (Å²) in [6.45, 7) is 3.48. The second-order valence-corrected chi connectivity index (χ2v) is 5.15. The van der Waals surface area contributed by atoms with Gasteiger partial charge in [-0.2, -0.15) is 0 Å². The molecule has 7 heteroatoms. The van der Waals surface area contributed by atoms with Crippen LogP contribution in [0.4, 0.5) is 11.5 Å². The second kappa shape index (κ2) is 7.26. The van der Waals surface area contributed by atoms with E-state index in [1.807, 2.05) is 6.07 Å². The number of methoxy groups -OCH3 is 1. The molecule has 1 fully saturated rings. The average Bonchev–Trinajstić information content (AvgIpc) is 3.06. The lowest BCUT2D eigenvalue weighted by atomic mass is 10.3. The molecule has 3 heterocycles. The molecule has 0 aromatic carbocycles. The van der Waals surface area contributed by atoms with Gasteiger partial charge in [0.2, 0.25) is 0 Å². The van der Waals surface area contributed by atoms with Crippen molar-refractivity contribution in [1.82, 2.24) is 4.98 Å². The maximum absolute atomic E-state index is 12.1. The zero-order valence-electron chi connectivity index (χ0n) is 12.9. The van der Waals surface area contributed by atoms with Gasteiger partial charge in [0, 0.05) is 20.2 Å². The Morgan fingerprint density at radius 1 is 1.30 bits per heavy atom. The fraction of sp³-hybridized carbons (Fsp3) is 0.375. The Kier molecular flexibility index (Phi) is 4.89. The zero-order valence-corrected chi connectivity index (χ0v) is 12.9. The van der Waals surface area contributed by atoms with Crippen molar-refractivity contribution in [2.75, 3.05) is 43.6 Å². The van der Waals surface area contributed by atoms with Crippen LogP contribution in [0.25, 0.3) is 0 Å². The van der Waals surface area contributed by atoms with Gasteiger partial charge in [-0.25, -0.2) is 4.98 Å². The fourth-order valence-electron chi connectivity index (χ4n) is 2.37. The summed E-state index contributed by atoms with van der Waals surface area (Å²) in [5.74, 6) is 0.986.